The number of unbranched alkanes of at least 4 members (excludes halogenated alkanes) is 9. The van der Waals surface area contributed by atoms with Crippen LogP contribution in [0.15, 0.2) is 60.7 Å². The third kappa shape index (κ3) is 15.2. The van der Waals surface area contributed by atoms with E-state index in [0.29, 0.717) is 19.4 Å². The second kappa shape index (κ2) is 19.9. The summed E-state index contributed by atoms with van der Waals surface area (Å²) >= 11 is 0. The van der Waals surface area contributed by atoms with Crippen LogP contribution >= 0.6 is 0 Å². The molecule has 2 aromatic rings. The lowest BCUT2D eigenvalue weighted by atomic mass is 10.0. The monoisotopic (exact) mass is 523 g/mol. The van der Waals surface area contributed by atoms with Crippen LogP contribution in [0.1, 0.15) is 81.8 Å². The molecule has 2 aromatic carbocycles. The Morgan fingerprint density at radius 2 is 1.21 bits per heavy atom. The fourth-order valence-electron chi connectivity index (χ4n) is 4.20. The molecule has 0 heterocycles. The molecular weight excluding hydrogens is 478 g/mol. The summed E-state index contributed by atoms with van der Waals surface area (Å²) in [5.41, 5.74) is 8.00. The number of nitrogens with two attached hydrogens (primary N) is 1. The number of carbonyl (C=O) groups is 3. The molecule has 0 saturated carbocycles. The zero-order valence-corrected chi connectivity index (χ0v) is 22.7. The van der Waals surface area contributed by atoms with Gasteiger partial charge in [-0.05, 0) is 30.4 Å². The highest BCUT2D eigenvalue weighted by atomic mass is 16.5. The SMILES string of the molecule is N[C@@H](Cc1ccccc1)C(=O)NCCCCCCCCCCCCC(=O)CNC(=O)OCc1ccccc1. The molecule has 0 aromatic heterocycles. The highest BCUT2D eigenvalue weighted by molar-refractivity contribution is 5.83. The van der Waals surface area contributed by atoms with Crippen LogP contribution in [0.3, 0.4) is 0 Å². The smallest absolute Gasteiger partial charge is 0.407 e. The Morgan fingerprint density at radius 1 is 0.684 bits per heavy atom. The van der Waals surface area contributed by atoms with E-state index in [-0.39, 0.29) is 24.8 Å². The van der Waals surface area contributed by atoms with Gasteiger partial charge in [0.05, 0.1) is 12.6 Å². The zero-order chi connectivity index (χ0) is 27.3. The molecule has 0 bridgehead atoms. The average Bonchev–Trinajstić information content (AvgIpc) is 2.94. The molecule has 1 atom stereocenters. The lowest BCUT2D eigenvalue weighted by Gasteiger charge is -2.12. The normalized spacial score (nSPS) is 11.5. The Morgan fingerprint density at radius 3 is 1.82 bits per heavy atom. The van der Waals surface area contributed by atoms with Crippen molar-refractivity contribution in [1.29, 1.82) is 0 Å². The summed E-state index contributed by atoms with van der Waals surface area (Å²) in [4.78, 5) is 35.8. The van der Waals surface area contributed by atoms with E-state index in [4.69, 9.17) is 10.5 Å². The first-order valence-electron chi connectivity index (χ1n) is 14.1. The molecule has 7 nitrogen and oxygen atoms in total. The lowest BCUT2D eigenvalue weighted by Crippen LogP contribution is -2.42. The van der Waals surface area contributed by atoms with Crippen molar-refractivity contribution >= 4 is 17.8 Å². The van der Waals surface area contributed by atoms with E-state index in [1.165, 1.54) is 32.1 Å². The molecule has 0 saturated heterocycles. The van der Waals surface area contributed by atoms with Crippen LogP contribution in [0.5, 0.6) is 0 Å². The van der Waals surface area contributed by atoms with E-state index in [1.807, 2.05) is 60.7 Å². The third-order valence-corrected chi connectivity index (χ3v) is 6.46. The van der Waals surface area contributed by atoms with E-state index in [2.05, 4.69) is 10.6 Å². The van der Waals surface area contributed by atoms with Crippen molar-refractivity contribution in [2.24, 2.45) is 5.73 Å². The predicted octanol–water partition coefficient (Wildman–Crippen LogP) is 5.46. The highest BCUT2D eigenvalue weighted by Gasteiger charge is 2.13. The number of rotatable bonds is 20. The summed E-state index contributed by atoms with van der Waals surface area (Å²) in [7, 11) is 0. The van der Waals surface area contributed by atoms with Crippen LogP contribution in [-0.4, -0.2) is 36.9 Å². The van der Waals surface area contributed by atoms with E-state index in [1.54, 1.807) is 0 Å². The Bertz CT molecular complexity index is 921. The molecule has 0 aliphatic rings. The minimum absolute atomic E-state index is 0.0256. The van der Waals surface area contributed by atoms with Gasteiger partial charge in [-0.2, -0.15) is 0 Å². The van der Waals surface area contributed by atoms with E-state index in [0.717, 1.165) is 43.2 Å². The van der Waals surface area contributed by atoms with Crippen LogP contribution in [0.4, 0.5) is 4.79 Å². The number of hydrogen-bond donors (Lipinski definition) is 3. The van der Waals surface area contributed by atoms with Gasteiger partial charge in [0, 0.05) is 13.0 Å². The summed E-state index contributed by atoms with van der Waals surface area (Å²) < 4.78 is 5.11. The molecule has 7 heteroatoms. The summed E-state index contributed by atoms with van der Waals surface area (Å²) in [5, 5.41) is 5.48. The second-order valence-corrected chi connectivity index (χ2v) is 9.83. The molecule has 4 N–H and O–H groups in total. The molecule has 0 unspecified atom stereocenters. The standard InChI is InChI=1S/C31H45N3O4/c32-29(23-26-17-11-9-12-18-26)30(36)33-22-16-8-6-4-2-1-3-5-7-15-21-28(35)24-34-31(37)38-25-27-19-13-10-14-20-27/h9-14,17-20,29H,1-8,15-16,21-25,32H2,(H,33,36)(H,34,37)/t29-/m0/s1. The van der Waals surface area contributed by atoms with Crippen LogP contribution in [0, 0.1) is 0 Å². The lowest BCUT2D eigenvalue weighted by molar-refractivity contribution is -0.122. The van der Waals surface area contributed by atoms with Gasteiger partial charge >= 0.3 is 6.09 Å². The summed E-state index contributed by atoms with van der Waals surface area (Å²) in [6.45, 7) is 0.909. The number of benzene rings is 2. The van der Waals surface area contributed by atoms with Crippen molar-refractivity contribution in [1.82, 2.24) is 10.6 Å². The molecule has 208 valence electrons. The molecule has 2 rings (SSSR count). The van der Waals surface area contributed by atoms with Crippen molar-refractivity contribution in [2.45, 2.75) is 89.7 Å². The van der Waals surface area contributed by atoms with Gasteiger partial charge in [0.1, 0.15) is 6.61 Å². The van der Waals surface area contributed by atoms with Crippen LogP contribution < -0.4 is 16.4 Å². The first-order valence-corrected chi connectivity index (χ1v) is 14.1. The minimum Gasteiger partial charge on any atom is -0.445 e. The van der Waals surface area contributed by atoms with Crippen molar-refractivity contribution in [2.75, 3.05) is 13.1 Å². The fourth-order valence-corrected chi connectivity index (χ4v) is 4.20. The first kappa shape index (κ1) is 31.0. The number of ether oxygens (including phenoxy) is 1. The topological polar surface area (TPSA) is 111 Å². The van der Waals surface area contributed by atoms with E-state index < -0.39 is 12.1 Å². The molecule has 38 heavy (non-hydrogen) atoms. The van der Waals surface area contributed by atoms with Gasteiger partial charge in [0.25, 0.3) is 0 Å². The Hall–Kier alpha value is -3.19. The van der Waals surface area contributed by atoms with Gasteiger partial charge in [-0.3, -0.25) is 9.59 Å². The number of nitrogens with one attached hydrogen (secondary N) is 2. The molecule has 0 aliphatic carbocycles. The Balaban J connectivity index is 1.32. The number of hydrogen-bond acceptors (Lipinski definition) is 5. The Kier molecular flexibility index (Phi) is 16.2. The van der Waals surface area contributed by atoms with Crippen LogP contribution in [-0.2, 0) is 27.4 Å². The number of carbonyl (C=O) groups excluding carboxylic acids is 3. The van der Waals surface area contributed by atoms with Crippen molar-refractivity contribution in [3.8, 4) is 0 Å². The molecule has 0 aliphatic heterocycles. The van der Waals surface area contributed by atoms with Gasteiger partial charge in [-0.25, -0.2) is 4.79 Å². The Labute approximate surface area is 227 Å². The number of Topliss-reactive ketones (excluding diaryl/α,β-unsaturated/α-hetero) is 1. The highest BCUT2D eigenvalue weighted by Crippen LogP contribution is 2.11. The zero-order valence-electron chi connectivity index (χ0n) is 22.7. The predicted molar refractivity (Wildman–Crippen MR) is 152 cm³/mol. The molecular formula is C31H45N3O4. The molecule has 0 radical (unpaired) electrons. The summed E-state index contributed by atoms with van der Waals surface area (Å²) in [5.74, 6) is -0.0378. The minimum atomic E-state index is -0.560. The van der Waals surface area contributed by atoms with Crippen molar-refractivity contribution in [3.63, 3.8) is 0 Å². The fraction of sp³-hybridized carbons (Fsp3) is 0.516. The quantitative estimate of drug-likeness (QED) is 0.200. The third-order valence-electron chi connectivity index (χ3n) is 6.46. The number of ketones is 1. The second-order valence-electron chi connectivity index (χ2n) is 9.83. The van der Waals surface area contributed by atoms with Gasteiger partial charge in [0.15, 0.2) is 5.78 Å². The maximum Gasteiger partial charge on any atom is 0.407 e. The first-order chi connectivity index (χ1) is 18.5. The number of alkyl carbamates (subject to hydrolysis) is 1. The van der Waals surface area contributed by atoms with Crippen LogP contribution in [0.25, 0.3) is 0 Å². The van der Waals surface area contributed by atoms with Gasteiger partial charge in [-0.15, -0.1) is 0 Å². The maximum absolute atomic E-state index is 12.1. The summed E-state index contributed by atoms with van der Waals surface area (Å²) in [6.07, 6.45) is 11.7. The van der Waals surface area contributed by atoms with Crippen LogP contribution in [0.2, 0.25) is 0 Å². The van der Waals surface area contributed by atoms with Gasteiger partial charge < -0.3 is 21.1 Å². The van der Waals surface area contributed by atoms with Gasteiger partial charge in [-0.1, -0.05) is 112 Å². The number of amides is 2. The maximum atomic E-state index is 12.1. The van der Waals surface area contributed by atoms with Crippen molar-refractivity contribution < 1.29 is 19.1 Å². The van der Waals surface area contributed by atoms with E-state index in [9.17, 15) is 14.4 Å². The molecule has 0 fully saturated rings. The van der Waals surface area contributed by atoms with Crippen molar-refractivity contribution in [3.05, 3.63) is 71.8 Å². The molecule has 2 amide bonds. The summed E-state index contributed by atoms with van der Waals surface area (Å²) in [6, 6.07) is 18.8. The largest absolute Gasteiger partial charge is 0.445 e. The van der Waals surface area contributed by atoms with E-state index >= 15 is 0 Å². The average molecular weight is 524 g/mol. The molecule has 0 spiro atoms. The van der Waals surface area contributed by atoms with Gasteiger partial charge in [0.2, 0.25) is 5.91 Å².